The van der Waals surface area contributed by atoms with Gasteiger partial charge in [0.05, 0.1) is 0 Å². The van der Waals surface area contributed by atoms with E-state index in [0.717, 1.165) is 33.4 Å². The van der Waals surface area contributed by atoms with Crippen LogP contribution in [0.25, 0.3) is 11.1 Å². The molecule has 0 nitrogen and oxygen atoms in total. The molecule has 0 aromatic heterocycles. The van der Waals surface area contributed by atoms with Crippen LogP contribution >= 0.6 is 0 Å². The predicted octanol–water partition coefficient (Wildman–Crippen LogP) is 2.56. The molecule has 0 aliphatic heterocycles. The van der Waals surface area contributed by atoms with Gasteiger partial charge in [-0.25, -0.2) is 19.9 Å². The first-order chi connectivity index (χ1) is 20.2. The van der Waals surface area contributed by atoms with E-state index in [1.807, 2.05) is 26.0 Å². The summed E-state index contributed by atoms with van der Waals surface area (Å²) in [6.07, 6.45) is 10.8. The summed E-state index contributed by atoms with van der Waals surface area (Å²) < 4.78 is 29.1. The average Bonchev–Trinajstić information content (AvgIpc) is 3.52. The van der Waals surface area contributed by atoms with E-state index in [-0.39, 0.29) is 36.4 Å². The van der Waals surface area contributed by atoms with Gasteiger partial charge in [0.15, 0.2) is 0 Å². The third kappa shape index (κ3) is 10.9. The minimum atomic E-state index is -1.11. The van der Waals surface area contributed by atoms with Crippen LogP contribution in [0.5, 0.6) is 0 Å². The Hall–Kier alpha value is -2.29. The molecule has 2 aliphatic rings. The molecule has 0 saturated heterocycles. The quantitative estimate of drug-likeness (QED) is 0.222. The summed E-state index contributed by atoms with van der Waals surface area (Å²) in [5.74, 6) is 0.313. The molecular formula is C38H34Cl2F2GeZr-2. The van der Waals surface area contributed by atoms with Crippen molar-refractivity contribution in [3.8, 4) is 0 Å². The molecule has 0 spiro atoms. The second-order valence-corrected chi connectivity index (χ2v) is 20.8. The Bertz CT molecular complexity index is 1540. The van der Waals surface area contributed by atoms with E-state index >= 15 is 0 Å². The van der Waals surface area contributed by atoms with Crippen LogP contribution in [0.3, 0.4) is 0 Å². The maximum absolute atomic E-state index is 13.0. The van der Waals surface area contributed by atoms with Gasteiger partial charge in [-0.05, 0) is 24.3 Å². The van der Waals surface area contributed by atoms with Gasteiger partial charge >= 0.3 is 101 Å². The summed E-state index contributed by atoms with van der Waals surface area (Å²) >= 11 is 1.71. The van der Waals surface area contributed by atoms with Gasteiger partial charge in [0.2, 0.25) is 0 Å². The van der Waals surface area contributed by atoms with E-state index in [1.165, 1.54) is 12.1 Å². The van der Waals surface area contributed by atoms with E-state index in [1.54, 1.807) is 54.7 Å². The van der Waals surface area contributed by atoms with Gasteiger partial charge in [-0.3, -0.25) is 12.2 Å². The van der Waals surface area contributed by atoms with Crippen molar-refractivity contribution in [2.75, 3.05) is 0 Å². The number of benzene rings is 4. The Kier molecular flexibility index (Phi) is 16.0. The molecular weight excluding hydrogens is 729 g/mol. The van der Waals surface area contributed by atoms with Crippen LogP contribution in [0.4, 0.5) is 8.78 Å². The molecule has 0 amide bonds. The Morgan fingerprint density at radius 3 is 1.23 bits per heavy atom. The molecule has 6 heteroatoms. The minimum absolute atomic E-state index is 0. The summed E-state index contributed by atoms with van der Waals surface area (Å²) in [7, 11) is -1.11. The van der Waals surface area contributed by atoms with Crippen molar-refractivity contribution in [2.24, 2.45) is 11.8 Å². The average molecular weight is 763 g/mol. The van der Waals surface area contributed by atoms with Gasteiger partial charge in [0.1, 0.15) is 11.6 Å². The number of rotatable bonds is 4. The first-order valence-electron chi connectivity index (χ1n) is 14.1. The topological polar surface area (TPSA) is 0 Å². The SMILES string of the molecule is CC1=[C-]C(C)C=C1c1cccc(F)c1.CC1=[C-]C(C)C=C1c1cccc(F)c1.[Cl-].[Cl-].[Zr+2]=[Ge]([c]1ccccc1)[c]1ccccc1. The van der Waals surface area contributed by atoms with Crippen molar-refractivity contribution in [1.29, 1.82) is 0 Å². The van der Waals surface area contributed by atoms with Crippen LogP contribution in [0.1, 0.15) is 38.8 Å². The summed E-state index contributed by atoms with van der Waals surface area (Å²) in [5, 5.41) is 0. The van der Waals surface area contributed by atoms with Gasteiger partial charge in [0.25, 0.3) is 0 Å². The Balaban J connectivity index is 0.000000225. The van der Waals surface area contributed by atoms with Crippen LogP contribution in [0, 0.1) is 35.6 Å². The molecule has 4 aromatic rings. The molecule has 6 rings (SSSR count). The van der Waals surface area contributed by atoms with E-state index in [9.17, 15) is 8.78 Å². The van der Waals surface area contributed by atoms with E-state index in [4.69, 9.17) is 0 Å². The fourth-order valence-electron chi connectivity index (χ4n) is 4.99. The zero-order valence-electron chi connectivity index (χ0n) is 25.2. The molecule has 2 unspecified atom stereocenters. The van der Waals surface area contributed by atoms with E-state index in [2.05, 4.69) is 98.8 Å². The zero-order chi connectivity index (χ0) is 30.1. The number of hydrogen-bond donors (Lipinski definition) is 0. The van der Waals surface area contributed by atoms with Gasteiger partial charge < -0.3 is 24.8 Å². The number of allylic oxidation sites excluding steroid dienone is 8. The standard InChI is InChI=1S/2C13H12F.C12H10Ge.2ClH.Zr/c2*1-9-6-10(2)13(7-9)11-4-3-5-12(14)8-11;1-3-7-11(8-4-1)13-12-9-5-2-6-10-12;;;/h2*3-5,7-9H,1-2H3;1-10H;2*1H;/q2*-1;;;;+2/p-2. The fraction of sp³-hybridized carbons (Fsp3) is 0.158. The zero-order valence-corrected chi connectivity index (χ0v) is 31.3. The molecule has 44 heavy (non-hydrogen) atoms. The van der Waals surface area contributed by atoms with Crippen LogP contribution < -0.4 is 33.6 Å². The van der Waals surface area contributed by atoms with Crippen LogP contribution in [-0.4, -0.2) is 9.98 Å². The maximum atomic E-state index is 13.0. The first-order valence-corrected chi connectivity index (χ1v) is 23.6. The van der Waals surface area contributed by atoms with Crippen molar-refractivity contribution >= 4 is 29.9 Å². The molecule has 0 radical (unpaired) electrons. The van der Waals surface area contributed by atoms with Crippen LogP contribution in [-0.2, 0) is 21.6 Å². The van der Waals surface area contributed by atoms with Gasteiger partial charge in [0, 0.05) is 0 Å². The third-order valence-corrected chi connectivity index (χ3v) is 18.1. The summed E-state index contributed by atoms with van der Waals surface area (Å²) in [6, 6.07) is 35.3. The molecule has 0 saturated carbocycles. The Morgan fingerprint density at radius 1 is 0.568 bits per heavy atom. The molecule has 0 fully saturated rings. The molecule has 0 N–H and O–H groups in total. The molecule has 4 aromatic carbocycles. The monoisotopic (exact) mass is 762 g/mol. The van der Waals surface area contributed by atoms with Crippen molar-refractivity contribution in [3.63, 3.8) is 0 Å². The Morgan fingerprint density at radius 2 is 0.932 bits per heavy atom. The van der Waals surface area contributed by atoms with E-state index in [0.29, 0.717) is 11.8 Å². The van der Waals surface area contributed by atoms with Gasteiger partial charge in [-0.15, -0.1) is 0 Å². The number of halogens is 4. The summed E-state index contributed by atoms with van der Waals surface area (Å²) in [4.78, 5) is 0. The molecule has 0 bridgehead atoms. The van der Waals surface area contributed by atoms with Crippen molar-refractivity contribution in [2.45, 2.75) is 27.7 Å². The Labute approximate surface area is 289 Å². The fourth-order valence-corrected chi connectivity index (χ4v) is 12.1. The molecule has 0 heterocycles. The van der Waals surface area contributed by atoms with Crippen LogP contribution in [0.2, 0.25) is 0 Å². The molecule has 2 atom stereocenters. The second-order valence-electron chi connectivity index (χ2n) is 10.4. The summed E-state index contributed by atoms with van der Waals surface area (Å²) in [6.45, 7) is 8.19. The van der Waals surface area contributed by atoms with Crippen LogP contribution in [0.15, 0.2) is 132 Å². The second kappa shape index (κ2) is 18.6. The predicted molar refractivity (Wildman–Crippen MR) is 170 cm³/mol. The molecule has 224 valence electrons. The third-order valence-electron chi connectivity index (χ3n) is 6.93. The van der Waals surface area contributed by atoms with Gasteiger partial charge in [-0.1, -0.05) is 74.9 Å². The van der Waals surface area contributed by atoms with Gasteiger partial charge in [-0.2, -0.15) is 23.3 Å². The normalized spacial score (nSPS) is 16.3. The molecule has 2 aliphatic carbocycles. The van der Waals surface area contributed by atoms with Crippen molar-refractivity contribution in [1.82, 2.24) is 0 Å². The van der Waals surface area contributed by atoms with Crippen molar-refractivity contribution < 1.29 is 55.2 Å². The summed E-state index contributed by atoms with van der Waals surface area (Å²) in [5.41, 5.74) is 6.33. The van der Waals surface area contributed by atoms with Crippen molar-refractivity contribution in [3.05, 3.63) is 167 Å². The van der Waals surface area contributed by atoms with E-state index < -0.39 is 9.98 Å². The first kappa shape index (κ1) is 37.9. The number of hydrogen-bond acceptors (Lipinski definition) is 0.